The Morgan fingerprint density at radius 2 is 1.34 bits per heavy atom. The van der Waals surface area contributed by atoms with E-state index in [-0.39, 0.29) is 11.9 Å². The van der Waals surface area contributed by atoms with Crippen LogP contribution in [0.1, 0.15) is 95.5 Å². The van der Waals surface area contributed by atoms with Crippen molar-refractivity contribution in [2.45, 2.75) is 93.8 Å². The van der Waals surface area contributed by atoms with Crippen molar-refractivity contribution in [3.63, 3.8) is 0 Å². The highest BCUT2D eigenvalue weighted by molar-refractivity contribution is 14.1. The lowest BCUT2D eigenvalue weighted by molar-refractivity contribution is -0.140. The van der Waals surface area contributed by atoms with Gasteiger partial charge >= 0.3 is 5.97 Å². The average molecular weight is 508 g/mol. The summed E-state index contributed by atoms with van der Waals surface area (Å²) in [5.74, 6) is 4.15. The predicted octanol–water partition coefficient (Wildman–Crippen LogP) is 7.69. The monoisotopic (exact) mass is 508 g/mol. The first-order valence-corrected chi connectivity index (χ1v) is 13.3. The number of hydrogen-bond donors (Lipinski definition) is 0. The van der Waals surface area contributed by atoms with Crippen molar-refractivity contribution in [1.29, 1.82) is 0 Å². The third-order valence-electron chi connectivity index (χ3n) is 8.06. The summed E-state index contributed by atoms with van der Waals surface area (Å²) in [7, 11) is 0. The molecule has 4 rings (SSSR count). The van der Waals surface area contributed by atoms with Crippen LogP contribution in [0, 0.1) is 23.7 Å². The number of halogens is 1. The topological polar surface area (TPSA) is 26.3 Å². The molecule has 3 fully saturated rings. The van der Waals surface area contributed by atoms with Gasteiger partial charge in [-0.05, 0) is 106 Å². The molecule has 0 unspecified atom stereocenters. The van der Waals surface area contributed by atoms with Gasteiger partial charge in [-0.1, -0.05) is 54.5 Å². The van der Waals surface area contributed by atoms with Crippen LogP contribution in [0.4, 0.5) is 0 Å². The minimum Gasteiger partial charge on any atom is -0.426 e. The van der Waals surface area contributed by atoms with Crippen molar-refractivity contribution in [3.05, 3.63) is 29.8 Å². The van der Waals surface area contributed by atoms with Crippen LogP contribution < -0.4 is 4.74 Å². The highest BCUT2D eigenvalue weighted by Crippen LogP contribution is 2.42. The zero-order chi connectivity index (χ0) is 20.2. The zero-order valence-electron chi connectivity index (χ0n) is 18.0. The van der Waals surface area contributed by atoms with Crippen LogP contribution in [0.2, 0.25) is 0 Å². The van der Waals surface area contributed by atoms with E-state index in [0.29, 0.717) is 5.92 Å². The SMILES string of the molecule is CC1CCC(c2ccc(OC(=O)C3CCC(C4CCC(I)CC4)CC3)cc2)CC1. The number of carbonyl (C=O) groups excluding carboxylic acids is 1. The summed E-state index contributed by atoms with van der Waals surface area (Å²) in [4.78, 5) is 12.7. The molecule has 0 saturated heterocycles. The number of ether oxygens (including phenoxy) is 1. The Bertz CT molecular complexity index is 646. The first kappa shape index (κ1) is 21.6. The standard InChI is InChI=1S/C26H37IO2/c1-18-2-4-19(5-3-18)22-12-16-25(17-13-22)29-26(28)23-8-6-20(7-9-23)21-10-14-24(27)15-11-21/h12-13,16-21,23-24H,2-11,14-15H2,1H3. The van der Waals surface area contributed by atoms with Gasteiger partial charge in [-0.3, -0.25) is 4.79 Å². The summed E-state index contributed by atoms with van der Waals surface area (Å²) >= 11 is 2.61. The highest BCUT2D eigenvalue weighted by Gasteiger charge is 2.33. The molecule has 0 N–H and O–H groups in total. The van der Waals surface area contributed by atoms with E-state index in [4.69, 9.17) is 4.74 Å². The Labute approximate surface area is 190 Å². The second-order valence-corrected chi connectivity index (χ2v) is 11.8. The van der Waals surface area contributed by atoms with Crippen molar-refractivity contribution in [2.24, 2.45) is 23.7 Å². The van der Waals surface area contributed by atoms with Crippen molar-refractivity contribution in [3.8, 4) is 5.75 Å². The molecule has 160 valence electrons. The zero-order valence-corrected chi connectivity index (χ0v) is 20.1. The molecule has 2 nitrogen and oxygen atoms in total. The van der Waals surface area contributed by atoms with Crippen molar-refractivity contribution in [1.82, 2.24) is 0 Å². The lowest BCUT2D eigenvalue weighted by Crippen LogP contribution is -2.30. The van der Waals surface area contributed by atoms with Gasteiger partial charge in [0, 0.05) is 3.92 Å². The average Bonchev–Trinajstić information content (AvgIpc) is 2.76. The van der Waals surface area contributed by atoms with E-state index in [0.717, 1.165) is 40.3 Å². The van der Waals surface area contributed by atoms with Crippen LogP contribution in [0.25, 0.3) is 0 Å². The van der Waals surface area contributed by atoms with Gasteiger partial charge in [0.2, 0.25) is 0 Å². The van der Waals surface area contributed by atoms with E-state index in [1.165, 1.54) is 69.8 Å². The van der Waals surface area contributed by atoms with Crippen molar-refractivity contribution in [2.75, 3.05) is 0 Å². The Kier molecular flexibility index (Phi) is 7.58. The molecule has 3 heteroatoms. The van der Waals surface area contributed by atoms with Crippen LogP contribution >= 0.6 is 22.6 Å². The third kappa shape index (κ3) is 5.77. The second-order valence-electron chi connectivity index (χ2n) is 10.1. The molecule has 29 heavy (non-hydrogen) atoms. The van der Waals surface area contributed by atoms with Gasteiger partial charge < -0.3 is 4.74 Å². The summed E-state index contributed by atoms with van der Waals surface area (Å²) in [6.45, 7) is 2.36. The first-order valence-electron chi connectivity index (χ1n) is 12.0. The maximum atomic E-state index is 12.7. The van der Waals surface area contributed by atoms with Gasteiger partial charge in [-0.15, -0.1) is 0 Å². The number of benzene rings is 1. The van der Waals surface area contributed by atoms with E-state index in [9.17, 15) is 4.79 Å². The van der Waals surface area contributed by atoms with Crippen LogP contribution in [-0.2, 0) is 4.79 Å². The van der Waals surface area contributed by atoms with Gasteiger partial charge in [0.05, 0.1) is 5.92 Å². The molecule has 0 aromatic heterocycles. The van der Waals surface area contributed by atoms with Gasteiger partial charge in [-0.2, -0.15) is 0 Å². The molecular formula is C26H37IO2. The summed E-state index contributed by atoms with van der Waals surface area (Å²) in [5.41, 5.74) is 1.42. The molecule has 0 heterocycles. The number of rotatable bonds is 4. The van der Waals surface area contributed by atoms with Gasteiger partial charge in [0.1, 0.15) is 5.75 Å². The Balaban J connectivity index is 1.23. The maximum Gasteiger partial charge on any atom is 0.314 e. The Hall–Kier alpha value is -0.580. The summed E-state index contributed by atoms with van der Waals surface area (Å²) < 4.78 is 6.66. The van der Waals surface area contributed by atoms with Gasteiger partial charge in [-0.25, -0.2) is 0 Å². The predicted molar refractivity (Wildman–Crippen MR) is 128 cm³/mol. The van der Waals surface area contributed by atoms with E-state index in [1.54, 1.807) is 0 Å². The van der Waals surface area contributed by atoms with Crippen LogP contribution in [0.5, 0.6) is 5.75 Å². The van der Waals surface area contributed by atoms with Crippen LogP contribution in [-0.4, -0.2) is 9.89 Å². The van der Waals surface area contributed by atoms with E-state index >= 15 is 0 Å². The molecule has 0 bridgehead atoms. The van der Waals surface area contributed by atoms with Crippen molar-refractivity contribution < 1.29 is 9.53 Å². The second kappa shape index (κ2) is 10.2. The molecule has 0 radical (unpaired) electrons. The number of carbonyl (C=O) groups is 1. The minimum absolute atomic E-state index is 0.00124. The van der Waals surface area contributed by atoms with Crippen molar-refractivity contribution >= 4 is 28.6 Å². The fourth-order valence-electron chi connectivity index (χ4n) is 5.98. The smallest absolute Gasteiger partial charge is 0.314 e. The van der Waals surface area contributed by atoms with Crippen LogP contribution in [0.3, 0.4) is 0 Å². The fraction of sp³-hybridized carbons (Fsp3) is 0.731. The number of alkyl halides is 1. The summed E-state index contributed by atoms with van der Waals surface area (Å²) in [6.07, 6.45) is 15.3. The molecular weight excluding hydrogens is 471 g/mol. The Morgan fingerprint density at radius 1 is 0.793 bits per heavy atom. The first-order chi connectivity index (χ1) is 14.1. The normalized spacial score (nSPS) is 35.8. The molecule has 1 aromatic rings. The van der Waals surface area contributed by atoms with E-state index in [1.807, 2.05) is 12.1 Å². The largest absolute Gasteiger partial charge is 0.426 e. The maximum absolute atomic E-state index is 12.7. The highest BCUT2D eigenvalue weighted by atomic mass is 127. The van der Waals surface area contributed by atoms with Gasteiger partial charge in [0.25, 0.3) is 0 Å². The van der Waals surface area contributed by atoms with Gasteiger partial charge in [0.15, 0.2) is 0 Å². The summed E-state index contributed by atoms with van der Waals surface area (Å²) in [5, 5.41) is 0. The fourth-order valence-corrected chi connectivity index (χ4v) is 6.70. The quantitative estimate of drug-likeness (QED) is 0.180. The van der Waals surface area contributed by atoms with E-state index < -0.39 is 0 Å². The number of hydrogen-bond acceptors (Lipinski definition) is 2. The lowest BCUT2D eigenvalue weighted by atomic mass is 9.71. The molecule has 3 aliphatic carbocycles. The minimum atomic E-state index is -0.00124. The van der Waals surface area contributed by atoms with E-state index in [2.05, 4.69) is 41.6 Å². The van der Waals surface area contributed by atoms with Crippen LogP contribution in [0.15, 0.2) is 24.3 Å². The molecule has 0 amide bonds. The molecule has 3 saturated carbocycles. The number of esters is 1. The molecule has 0 spiro atoms. The lowest BCUT2D eigenvalue weighted by Gasteiger charge is -2.36. The molecule has 0 atom stereocenters. The molecule has 0 aliphatic heterocycles. The molecule has 1 aromatic carbocycles. The summed E-state index contributed by atoms with van der Waals surface area (Å²) in [6, 6.07) is 8.39. The molecule has 3 aliphatic rings. The Morgan fingerprint density at radius 3 is 1.93 bits per heavy atom. The third-order valence-corrected chi connectivity index (χ3v) is 9.30.